The summed E-state index contributed by atoms with van der Waals surface area (Å²) in [7, 11) is 1.55. The van der Waals surface area contributed by atoms with E-state index in [1.165, 1.54) is 0 Å². The van der Waals surface area contributed by atoms with E-state index in [9.17, 15) is 4.79 Å². The number of hydrogen-bond donors (Lipinski definition) is 1. The van der Waals surface area contributed by atoms with Crippen molar-refractivity contribution < 1.29 is 19.0 Å². The van der Waals surface area contributed by atoms with Crippen LogP contribution in [-0.4, -0.2) is 93.6 Å². The Morgan fingerprint density at radius 1 is 1.19 bits per heavy atom. The van der Waals surface area contributed by atoms with Crippen LogP contribution >= 0.6 is 0 Å². The lowest BCUT2D eigenvalue weighted by Gasteiger charge is -2.37. The third-order valence-electron chi connectivity index (χ3n) is 5.58. The van der Waals surface area contributed by atoms with Gasteiger partial charge in [0.25, 0.3) is 5.91 Å². The lowest BCUT2D eigenvalue weighted by molar-refractivity contribution is 0.0163. The van der Waals surface area contributed by atoms with Crippen LogP contribution in [-0.2, 0) is 9.47 Å². The van der Waals surface area contributed by atoms with E-state index in [0.717, 1.165) is 18.2 Å². The summed E-state index contributed by atoms with van der Waals surface area (Å²) in [6.07, 6.45) is 1.94. The molecular formula is C23H33N5O4. The summed E-state index contributed by atoms with van der Waals surface area (Å²) in [6, 6.07) is 7.45. The van der Waals surface area contributed by atoms with E-state index in [1.807, 2.05) is 12.1 Å². The molecule has 2 heterocycles. The van der Waals surface area contributed by atoms with Crippen molar-refractivity contribution in [3.8, 4) is 5.75 Å². The molecule has 2 aliphatic heterocycles. The Balaban J connectivity index is 1.81. The zero-order valence-corrected chi connectivity index (χ0v) is 19.1. The molecule has 0 bridgehead atoms. The summed E-state index contributed by atoms with van der Waals surface area (Å²) in [5.74, 6) is 1.76. The van der Waals surface area contributed by atoms with Crippen molar-refractivity contribution in [2.45, 2.75) is 25.9 Å². The van der Waals surface area contributed by atoms with Crippen molar-refractivity contribution in [3.05, 3.63) is 41.7 Å². The smallest absolute Gasteiger partial charge is 0.256 e. The van der Waals surface area contributed by atoms with E-state index >= 15 is 0 Å². The molecule has 2 fully saturated rings. The predicted molar refractivity (Wildman–Crippen MR) is 124 cm³/mol. The number of benzene rings is 1. The summed E-state index contributed by atoms with van der Waals surface area (Å²) in [5.41, 5.74) is 0.470. The first-order valence-corrected chi connectivity index (χ1v) is 10.9. The van der Waals surface area contributed by atoms with Crippen molar-refractivity contribution >= 4 is 18.5 Å². The molecule has 0 aromatic heterocycles. The van der Waals surface area contributed by atoms with Crippen molar-refractivity contribution in [2.75, 3.05) is 53.3 Å². The number of para-hydroxylation sites is 1. The highest BCUT2D eigenvalue weighted by molar-refractivity contribution is 5.97. The van der Waals surface area contributed by atoms with E-state index in [2.05, 4.69) is 40.7 Å². The molecule has 32 heavy (non-hydrogen) atoms. The average molecular weight is 444 g/mol. The van der Waals surface area contributed by atoms with Gasteiger partial charge in [0.2, 0.25) is 0 Å². The standard InChI is InChI=1S/C23H33N5O4/c1-17-14-31-11-9-27(17)21(24-3)13-22(28-10-12-32-15-18(28)2)25-16-26-23(29)19-7-5-6-8-20(19)30-4/h5-8,13,17-18H,3,9-12,14-16H2,1-2,4H3,(H,26,29)/b21-13+,25-22+. The SMILES string of the molecule is C=N/C(=C\C(=N/CNC(=O)c1ccccc1OC)N1CCOCC1C)N1CCOCC1C. The fraction of sp³-hybridized carbons (Fsp3) is 0.522. The molecule has 0 radical (unpaired) electrons. The zero-order chi connectivity index (χ0) is 22.9. The minimum atomic E-state index is -0.242. The van der Waals surface area contributed by atoms with Crippen LogP contribution in [0.3, 0.4) is 0 Å². The second-order valence-electron chi connectivity index (χ2n) is 7.78. The van der Waals surface area contributed by atoms with E-state index in [-0.39, 0.29) is 24.7 Å². The largest absolute Gasteiger partial charge is 0.496 e. The zero-order valence-electron chi connectivity index (χ0n) is 19.1. The number of nitrogens with zero attached hydrogens (tertiary/aromatic N) is 4. The maximum atomic E-state index is 12.7. The van der Waals surface area contributed by atoms with Gasteiger partial charge in [-0.2, -0.15) is 0 Å². The molecule has 0 saturated carbocycles. The van der Waals surface area contributed by atoms with Crippen molar-refractivity contribution in [1.82, 2.24) is 15.1 Å². The minimum absolute atomic E-state index is 0.121. The van der Waals surface area contributed by atoms with Crippen LogP contribution < -0.4 is 10.1 Å². The van der Waals surface area contributed by atoms with E-state index < -0.39 is 0 Å². The van der Waals surface area contributed by atoms with Gasteiger partial charge in [-0.15, -0.1) is 0 Å². The number of carbonyl (C=O) groups excluding carboxylic acids is 1. The third-order valence-corrected chi connectivity index (χ3v) is 5.58. The highest BCUT2D eigenvalue weighted by Gasteiger charge is 2.25. The van der Waals surface area contributed by atoms with Crippen LogP contribution in [0.25, 0.3) is 0 Å². The van der Waals surface area contributed by atoms with Crippen LogP contribution in [0.1, 0.15) is 24.2 Å². The molecule has 2 aliphatic rings. The molecule has 0 aliphatic carbocycles. The van der Waals surface area contributed by atoms with Crippen LogP contribution in [0, 0.1) is 0 Å². The normalized spacial score (nSPS) is 22.5. The fourth-order valence-electron chi connectivity index (χ4n) is 3.81. The third kappa shape index (κ3) is 5.86. The van der Waals surface area contributed by atoms with E-state index in [0.29, 0.717) is 44.3 Å². The van der Waals surface area contributed by atoms with Gasteiger partial charge >= 0.3 is 0 Å². The summed E-state index contributed by atoms with van der Waals surface area (Å²) in [6.45, 7) is 12.1. The molecular weight excluding hydrogens is 410 g/mol. The predicted octanol–water partition coefficient (Wildman–Crippen LogP) is 1.76. The Morgan fingerprint density at radius 3 is 2.47 bits per heavy atom. The maximum absolute atomic E-state index is 12.7. The molecule has 3 rings (SSSR count). The van der Waals surface area contributed by atoms with E-state index in [4.69, 9.17) is 19.2 Å². The Labute approximate surface area is 189 Å². The van der Waals surface area contributed by atoms with Gasteiger partial charge in [-0.3, -0.25) is 4.79 Å². The van der Waals surface area contributed by atoms with Crippen LogP contribution in [0.5, 0.6) is 5.75 Å². The van der Waals surface area contributed by atoms with E-state index in [1.54, 1.807) is 25.3 Å². The summed E-state index contributed by atoms with van der Waals surface area (Å²) >= 11 is 0. The number of morpholine rings is 2. The first kappa shape index (κ1) is 23.7. The second-order valence-corrected chi connectivity index (χ2v) is 7.78. The highest BCUT2D eigenvalue weighted by atomic mass is 16.5. The Morgan fingerprint density at radius 2 is 1.84 bits per heavy atom. The average Bonchev–Trinajstić information content (AvgIpc) is 2.82. The number of methoxy groups -OCH3 is 1. The van der Waals surface area contributed by atoms with Crippen LogP contribution in [0.2, 0.25) is 0 Å². The number of ether oxygens (including phenoxy) is 3. The van der Waals surface area contributed by atoms with Crippen molar-refractivity contribution in [3.63, 3.8) is 0 Å². The molecule has 2 saturated heterocycles. The summed E-state index contributed by atoms with van der Waals surface area (Å²) in [5, 5.41) is 2.86. The van der Waals surface area contributed by atoms with Gasteiger partial charge in [0, 0.05) is 19.2 Å². The first-order chi connectivity index (χ1) is 15.5. The van der Waals surface area contributed by atoms with Crippen molar-refractivity contribution in [2.24, 2.45) is 9.98 Å². The molecule has 2 atom stereocenters. The lowest BCUT2D eigenvalue weighted by atomic mass is 10.2. The molecule has 1 amide bonds. The number of rotatable bonds is 7. The Bertz CT molecular complexity index is 857. The monoisotopic (exact) mass is 443 g/mol. The lowest BCUT2D eigenvalue weighted by Crippen LogP contribution is -2.48. The van der Waals surface area contributed by atoms with Gasteiger partial charge in [0.05, 0.1) is 51.2 Å². The number of nitrogens with one attached hydrogen (secondary N) is 1. The molecule has 174 valence electrons. The molecule has 2 unspecified atom stereocenters. The molecule has 1 aromatic carbocycles. The van der Waals surface area contributed by atoms with Gasteiger partial charge in [-0.05, 0) is 32.7 Å². The Hall–Kier alpha value is -2.91. The summed E-state index contributed by atoms with van der Waals surface area (Å²) in [4.78, 5) is 26.0. The molecule has 9 nitrogen and oxygen atoms in total. The van der Waals surface area contributed by atoms with Gasteiger partial charge in [-0.1, -0.05) is 12.1 Å². The Kier molecular flexibility index (Phi) is 8.64. The van der Waals surface area contributed by atoms with Gasteiger partial charge in [0.1, 0.15) is 24.1 Å². The fourth-order valence-corrected chi connectivity index (χ4v) is 3.81. The minimum Gasteiger partial charge on any atom is -0.496 e. The second kappa shape index (κ2) is 11.6. The van der Waals surface area contributed by atoms with Crippen LogP contribution in [0.4, 0.5) is 0 Å². The molecule has 1 aromatic rings. The van der Waals surface area contributed by atoms with Gasteiger partial charge in [-0.25, -0.2) is 9.98 Å². The maximum Gasteiger partial charge on any atom is 0.256 e. The number of hydrogen-bond acceptors (Lipinski definition) is 7. The molecule has 1 N–H and O–H groups in total. The highest BCUT2D eigenvalue weighted by Crippen LogP contribution is 2.18. The number of aliphatic imine (C=N–C) groups is 2. The summed E-state index contributed by atoms with van der Waals surface area (Å²) < 4.78 is 16.4. The van der Waals surface area contributed by atoms with Gasteiger partial charge < -0.3 is 29.3 Å². The van der Waals surface area contributed by atoms with Crippen LogP contribution in [0.15, 0.2) is 46.1 Å². The number of amides is 1. The number of carbonyl (C=O) groups is 1. The molecule has 0 spiro atoms. The topological polar surface area (TPSA) is 88.0 Å². The number of amidine groups is 1. The molecule has 9 heteroatoms. The van der Waals surface area contributed by atoms with Gasteiger partial charge in [0.15, 0.2) is 0 Å². The quantitative estimate of drug-likeness (QED) is 0.510. The first-order valence-electron chi connectivity index (χ1n) is 10.9. The van der Waals surface area contributed by atoms with Crippen molar-refractivity contribution in [1.29, 1.82) is 0 Å².